The Labute approximate surface area is 136 Å². The van der Waals surface area contributed by atoms with Crippen molar-refractivity contribution < 1.29 is 0 Å². The second-order valence-electron chi connectivity index (χ2n) is 5.38. The molecule has 0 aliphatic rings. The van der Waals surface area contributed by atoms with Crippen LogP contribution >= 0.6 is 11.6 Å². The summed E-state index contributed by atoms with van der Waals surface area (Å²) >= 11 is 6.01. The zero-order valence-electron chi connectivity index (χ0n) is 12.1. The van der Waals surface area contributed by atoms with E-state index in [2.05, 4.69) is 20.5 Å². The quantitative estimate of drug-likeness (QED) is 0.538. The number of nitrogens with one attached hydrogen (secondary N) is 3. The molecule has 6 heteroatoms. The van der Waals surface area contributed by atoms with Gasteiger partial charge in [0.2, 0.25) is 0 Å². The van der Waals surface area contributed by atoms with Crippen LogP contribution in [0.15, 0.2) is 53.5 Å². The Hall–Kier alpha value is -2.79. The third-order valence-electron chi connectivity index (χ3n) is 3.81. The SMILES string of the molecule is O=c1[nH]c2ccc(Cl)cc2cc1CNc1ccc2[nH]ncc2c1. The summed E-state index contributed by atoms with van der Waals surface area (Å²) in [6.45, 7) is 0.432. The summed E-state index contributed by atoms with van der Waals surface area (Å²) < 4.78 is 0. The molecule has 5 nitrogen and oxygen atoms in total. The van der Waals surface area contributed by atoms with Crippen molar-refractivity contribution in [2.75, 3.05) is 5.32 Å². The van der Waals surface area contributed by atoms with Gasteiger partial charge in [-0.3, -0.25) is 9.89 Å². The van der Waals surface area contributed by atoms with Crippen molar-refractivity contribution in [2.45, 2.75) is 6.54 Å². The molecular formula is C17H13ClN4O. The van der Waals surface area contributed by atoms with Gasteiger partial charge in [-0.25, -0.2) is 0 Å². The van der Waals surface area contributed by atoms with E-state index in [1.165, 1.54) is 0 Å². The number of halogens is 1. The van der Waals surface area contributed by atoms with Crippen molar-refractivity contribution in [2.24, 2.45) is 0 Å². The van der Waals surface area contributed by atoms with Crippen LogP contribution in [0.3, 0.4) is 0 Å². The molecule has 4 aromatic rings. The van der Waals surface area contributed by atoms with Crippen LogP contribution in [0.2, 0.25) is 5.02 Å². The number of aromatic nitrogens is 3. The van der Waals surface area contributed by atoms with Crippen LogP contribution in [0.5, 0.6) is 0 Å². The molecule has 0 radical (unpaired) electrons. The lowest BCUT2D eigenvalue weighted by Crippen LogP contribution is -2.15. The fourth-order valence-electron chi connectivity index (χ4n) is 2.60. The first-order chi connectivity index (χ1) is 11.2. The Morgan fingerprint density at radius 3 is 2.83 bits per heavy atom. The van der Waals surface area contributed by atoms with Crippen molar-refractivity contribution in [3.05, 3.63) is 69.6 Å². The Kier molecular flexibility index (Phi) is 3.28. The van der Waals surface area contributed by atoms with Gasteiger partial charge in [0.05, 0.1) is 11.7 Å². The first-order valence-electron chi connectivity index (χ1n) is 7.17. The Balaban J connectivity index is 1.63. The fraction of sp³-hybridized carbons (Fsp3) is 0.0588. The maximum Gasteiger partial charge on any atom is 0.253 e. The topological polar surface area (TPSA) is 73.6 Å². The van der Waals surface area contributed by atoms with Crippen LogP contribution in [0.4, 0.5) is 5.69 Å². The zero-order valence-corrected chi connectivity index (χ0v) is 12.8. The molecule has 0 saturated heterocycles. The van der Waals surface area contributed by atoms with Gasteiger partial charge in [-0.15, -0.1) is 0 Å². The average molecular weight is 325 g/mol. The first kappa shape index (κ1) is 13.8. The summed E-state index contributed by atoms with van der Waals surface area (Å²) in [6, 6.07) is 13.2. The third-order valence-corrected chi connectivity index (χ3v) is 4.04. The minimum Gasteiger partial charge on any atom is -0.381 e. The van der Waals surface area contributed by atoms with Gasteiger partial charge in [0, 0.05) is 39.1 Å². The second kappa shape index (κ2) is 5.44. The molecule has 2 aromatic carbocycles. The molecule has 0 unspecified atom stereocenters. The maximum atomic E-state index is 12.2. The lowest BCUT2D eigenvalue weighted by Gasteiger charge is -2.07. The Morgan fingerprint density at radius 2 is 1.91 bits per heavy atom. The fourth-order valence-corrected chi connectivity index (χ4v) is 2.78. The maximum absolute atomic E-state index is 12.2. The number of benzene rings is 2. The highest BCUT2D eigenvalue weighted by molar-refractivity contribution is 6.31. The molecule has 0 aliphatic carbocycles. The van der Waals surface area contributed by atoms with E-state index in [4.69, 9.17) is 11.6 Å². The Bertz CT molecular complexity index is 1070. The largest absolute Gasteiger partial charge is 0.381 e. The van der Waals surface area contributed by atoms with Crippen molar-refractivity contribution >= 4 is 39.1 Å². The van der Waals surface area contributed by atoms with Crippen LogP contribution in [0.1, 0.15) is 5.56 Å². The third kappa shape index (κ3) is 2.66. The van der Waals surface area contributed by atoms with E-state index in [9.17, 15) is 4.79 Å². The number of rotatable bonds is 3. The van der Waals surface area contributed by atoms with E-state index in [0.29, 0.717) is 17.1 Å². The summed E-state index contributed by atoms with van der Waals surface area (Å²) in [6.07, 6.45) is 1.77. The summed E-state index contributed by atoms with van der Waals surface area (Å²) in [7, 11) is 0. The highest BCUT2D eigenvalue weighted by atomic mass is 35.5. The van der Waals surface area contributed by atoms with Gasteiger partial charge in [0.1, 0.15) is 0 Å². The van der Waals surface area contributed by atoms with E-state index in [0.717, 1.165) is 27.5 Å². The summed E-state index contributed by atoms with van der Waals surface area (Å²) in [5.74, 6) is 0. The van der Waals surface area contributed by atoms with Gasteiger partial charge >= 0.3 is 0 Å². The molecule has 0 atom stereocenters. The van der Waals surface area contributed by atoms with Gasteiger partial charge in [0.25, 0.3) is 5.56 Å². The monoisotopic (exact) mass is 324 g/mol. The number of fused-ring (bicyclic) bond motifs is 2. The van der Waals surface area contributed by atoms with E-state index in [1.807, 2.05) is 36.4 Å². The summed E-state index contributed by atoms with van der Waals surface area (Å²) in [4.78, 5) is 15.0. The molecule has 2 aromatic heterocycles. The van der Waals surface area contributed by atoms with E-state index >= 15 is 0 Å². The van der Waals surface area contributed by atoms with Crippen molar-refractivity contribution in [1.29, 1.82) is 0 Å². The second-order valence-corrected chi connectivity index (χ2v) is 5.82. The lowest BCUT2D eigenvalue weighted by atomic mass is 10.1. The number of aromatic amines is 2. The number of nitrogens with zero attached hydrogens (tertiary/aromatic N) is 1. The highest BCUT2D eigenvalue weighted by Crippen LogP contribution is 2.19. The van der Waals surface area contributed by atoms with Crippen molar-refractivity contribution in [3.63, 3.8) is 0 Å². The standard InChI is InChI=1S/C17H13ClN4O/c18-13-1-3-15-10(6-13)5-12(17(23)21-15)8-19-14-2-4-16-11(7-14)9-20-22-16/h1-7,9,19H,8H2,(H,20,22)(H,21,23). The molecule has 0 fully saturated rings. The summed E-state index contributed by atoms with van der Waals surface area (Å²) in [5.41, 5.74) is 3.25. The minimum absolute atomic E-state index is 0.100. The van der Waals surface area contributed by atoms with Gasteiger partial charge in [-0.1, -0.05) is 11.6 Å². The smallest absolute Gasteiger partial charge is 0.253 e. The molecule has 3 N–H and O–H groups in total. The van der Waals surface area contributed by atoms with Crippen LogP contribution in [0, 0.1) is 0 Å². The highest BCUT2D eigenvalue weighted by Gasteiger charge is 2.04. The van der Waals surface area contributed by atoms with Gasteiger partial charge < -0.3 is 10.3 Å². The van der Waals surface area contributed by atoms with Crippen molar-refractivity contribution in [3.8, 4) is 0 Å². The molecular weight excluding hydrogens is 312 g/mol. The van der Waals surface area contributed by atoms with Gasteiger partial charge in [0.15, 0.2) is 0 Å². The molecule has 4 rings (SSSR count). The first-order valence-corrected chi connectivity index (χ1v) is 7.55. The zero-order chi connectivity index (χ0) is 15.8. The van der Waals surface area contributed by atoms with Crippen LogP contribution in [-0.4, -0.2) is 15.2 Å². The molecule has 23 heavy (non-hydrogen) atoms. The molecule has 114 valence electrons. The van der Waals surface area contributed by atoms with Gasteiger partial charge in [-0.05, 0) is 42.5 Å². The normalized spacial score (nSPS) is 11.2. The molecule has 0 aliphatic heterocycles. The summed E-state index contributed by atoms with van der Waals surface area (Å²) in [5, 5.41) is 12.8. The molecule has 0 amide bonds. The van der Waals surface area contributed by atoms with E-state index in [-0.39, 0.29) is 5.56 Å². The molecule has 0 spiro atoms. The number of H-pyrrole nitrogens is 2. The van der Waals surface area contributed by atoms with Crippen LogP contribution in [-0.2, 0) is 6.54 Å². The number of hydrogen-bond donors (Lipinski definition) is 3. The molecule has 0 saturated carbocycles. The average Bonchev–Trinajstić information content (AvgIpc) is 3.01. The molecule has 2 heterocycles. The van der Waals surface area contributed by atoms with E-state index in [1.54, 1.807) is 12.3 Å². The predicted octanol–water partition coefficient (Wildman–Crippen LogP) is 3.67. The van der Waals surface area contributed by atoms with Gasteiger partial charge in [-0.2, -0.15) is 5.10 Å². The van der Waals surface area contributed by atoms with E-state index < -0.39 is 0 Å². The van der Waals surface area contributed by atoms with Crippen LogP contribution < -0.4 is 10.9 Å². The molecule has 0 bridgehead atoms. The number of hydrogen-bond acceptors (Lipinski definition) is 3. The lowest BCUT2D eigenvalue weighted by molar-refractivity contribution is 1.09. The minimum atomic E-state index is -0.100. The Morgan fingerprint density at radius 1 is 1.04 bits per heavy atom. The predicted molar refractivity (Wildman–Crippen MR) is 93.0 cm³/mol. The number of pyridine rings is 1. The van der Waals surface area contributed by atoms with Crippen molar-refractivity contribution in [1.82, 2.24) is 15.2 Å². The van der Waals surface area contributed by atoms with Crippen LogP contribution in [0.25, 0.3) is 21.8 Å². The number of anilines is 1.